The van der Waals surface area contributed by atoms with Gasteiger partial charge in [0.15, 0.2) is 6.10 Å². The second-order valence-corrected chi connectivity index (χ2v) is 6.79. The maximum absolute atomic E-state index is 12.3. The molecular weight excluding hydrogens is 287 g/mol. The third kappa shape index (κ3) is 3.30. The summed E-state index contributed by atoms with van der Waals surface area (Å²) in [5, 5.41) is 12.2. The lowest BCUT2D eigenvalue weighted by Crippen LogP contribution is -2.26. The van der Waals surface area contributed by atoms with Crippen molar-refractivity contribution < 1.29 is 18.3 Å². The maximum Gasteiger partial charge on any atom is 0.418 e. The second-order valence-electron chi connectivity index (χ2n) is 5.71. The quantitative estimate of drug-likeness (QED) is 0.813. The number of aliphatic hydroxyl groups is 1. The van der Waals surface area contributed by atoms with Gasteiger partial charge in [-0.2, -0.15) is 13.2 Å². The normalized spacial score (nSPS) is 18.9. The van der Waals surface area contributed by atoms with Crippen LogP contribution < -0.4 is 5.32 Å². The van der Waals surface area contributed by atoms with Gasteiger partial charge in [0.2, 0.25) is 0 Å². The van der Waals surface area contributed by atoms with E-state index < -0.39 is 12.3 Å². The average molecular weight is 303 g/mol. The highest BCUT2D eigenvalue weighted by atomic mass is 32.2. The predicted octanol–water partition coefficient (Wildman–Crippen LogP) is 4.27. The van der Waals surface area contributed by atoms with Crippen molar-refractivity contribution in [3.05, 3.63) is 34.9 Å². The predicted molar refractivity (Wildman–Crippen MR) is 74.8 cm³/mol. The molecule has 1 aromatic carbocycles. The number of fused-ring (bicyclic) bond motifs is 1. The molecule has 0 amide bonds. The van der Waals surface area contributed by atoms with Gasteiger partial charge in [-0.05, 0) is 29.2 Å². The number of hydrogen-bond acceptors (Lipinski definition) is 3. The van der Waals surface area contributed by atoms with Crippen LogP contribution in [-0.4, -0.2) is 17.4 Å². The number of nitrogens with one attached hydrogen (secondary N) is 1. The molecule has 0 saturated heterocycles. The SMILES string of the molecule is CC(C)(C)c1ccc2c(c1)S/C(=C/C(O)C(F)(F)F)N2. The third-order valence-corrected chi connectivity index (χ3v) is 3.99. The molecule has 0 radical (unpaired) electrons. The molecule has 0 saturated carbocycles. The zero-order valence-electron chi connectivity index (χ0n) is 11.4. The number of aliphatic hydroxyl groups excluding tert-OH is 1. The summed E-state index contributed by atoms with van der Waals surface area (Å²) in [6, 6.07) is 5.77. The zero-order valence-corrected chi connectivity index (χ0v) is 12.2. The van der Waals surface area contributed by atoms with Crippen molar-refractivity contribution in [2.24, 2.45) is 0 Å². The van der Waals surface area contributed by atoms with E-state index in [2.05, 4.69) is 26.1 Å². The number of benzene rings is 1. The van der Waals surface area contributed by atoms with Gasteiger partial charge in [0.1, 0.15) is 0 Å². The Morgan fingerprint density at radius 1 is 1.25 bits per heavy atom. The largest absolute Gasteiger partial charge is 0.418 e. The van der Waals surface area contributed by atoms with E-state index in [1.165, 1.54) is 11.8 Å². The summed E-state index contributed by atoms with van der Waals surface area (Å²) < 4.78 is 37.0. The van der Waals surface area contributed by atoms with Gasteiger partial charge in [0, 0.05) is 4.90 Å². The highest BCUT2D eigenvalue weighted by Gasteiger charge is 2.37. The smallest absolute Gasteiger partial charge is 0.380 e. The van der Waals surface area contributed by atoms with Gasteiger partial charge in [-0.15, -0.1) is 0 Å². The Bertz CT molecular complexity index is 546. The van der Waals surface area contributed by atoms with Gasteiger partial charge >= 0.3 is 6.18 Å². The van der Waals surface area contributed by atoms with Gasteiger partial charge < -0.3 is 10.4 Å². The topological polar surface area (TPSA) is 32.3 Å². The van der Waals surface area contributed by atoms with Crippen molar-refractivity contribution in [1.82, 2.24) is 0 Å². The van der Waals surface area contributed by atoms with Crippen LogP contribution in [0.2, 0.25) is 0 Å². The molecule has 6 heteroatoms. The van der Waals surface area contributed by atoms with Gasteiger partial charge in [0.05, 0.1) is 10.7 Å². The molecule has 2 rings (SSSR count). The van der Waals surface area contributed by atoms with Gasteiger partial charge in [-0.1, -0.05) is 38.6 Å². The first-order valence-corrected chi connectivity index (χ1v) is 6.95. The van der Waals surface area contributed by atoms with Crippen molar-refractivity contribution in [2.45, 2.75) is 43.4 Å². The van der Waals surface area contributed by atoms with E-state index >= 15 is 0 Å². The van der Waals surface area contributed by atoms with Crippen LogP contribution in [0.15, 0.2) is 34.2 Å². The second kappa shape index (κ2) is 5.00. The molecule has 1 aromatic rings. The molecule has 1 heterocycles. The van der Waals surface area contributed by atoms with Crippen molar-refractivity contribution in [3.8, 4) is 0 Å². The summed E-state index contributed by atoms with van der Waals surface area (Å²) >= 11 is 1.20. The monoisotopic (exact) mass is 303 g/mol. The van der Waals surface area contributed by atoms with E-state index in [1.54, 1.807) is 0 Å². The summed E-state index contributed by atoms with van der Waals surface area (Å²) in [7, 11) is 0. The van der Waals surface area contributed by atoms with E-state index in [4.69, 9.17) is 5.11 Å². The molecule has 0 spiro atoms. The molecule has 2 N–H and O–H groups in total. The third-order valence-electron chi connectivity index (χ3n) is 2.97. The summed E-state index contributed by atoms with van der Waals surface area (Å²) in [6.45, 7) is 6.23. The Balaban J connectivity index is 2.22. The Kier molecular flexibility index (Phi) is 3.81. The van der Waals surface area contributed by atoms with E-state index in [1.807, 2.05) is 18.2 Å². The van der Waals surface area contributed by atoms with E-state index in [0.29, 0.717) is 5.03 Å². The van der Waals surface area contributed by atoms with Crippen molar-refractivity contribution in [3.63, 3.8) is 0 Å². The number of rotatable bonds is 1. The lowest BCUT2D eigenvalue weighted by atomic mass is 9.87. The van der Waals surface area contributed by atoms with Crippen LogP contribution in [-0.2, 0) is 5.41 Å². The van der Waals surface area contributed by atoms with Crippen LogP contribution in [0.3, 0.4) is 0 Å². The van der Waals surface area contributed by atoms with E-state index in [-0.39, 0.29) is 5.41 Å². The first-order valence-electron chi connectivity index (χ1n) is 6.13. The number of alkyl halides is 3. The Hall–Kier alpha value is -1.14. The first kappa shape index (κ1) is 15.3. The van der Waals surface area contributed by atoms with Crippen LogP contribution in [0.4, 0.5) is 18.9 Å². The number of anilines is 1. The van der Waals surface area contributed by atoms with Gasteiger partial charge in [-0.25, -0.2) is 0 Å². The molecule has 2 nitrogen and oxygen atoms in total. The number of hydrogen-bond donors (Lipinski definition) is 2. The summed E-state index contributed by atoms with van der Waals surface area (Å²) in [5.41, 5.74) is 1.86. The number of thioether (sulfide) groups is 1. The summed E-state index contributed by atoms with van der Waals surface area (Å²) in [6.07, 6.45) is -6.30. The fourth-order valence-corrected chi connectivity index (χ4v) is 2.78. The Labute approximate surface area is 120 Å². The molecule has 1 unspecified atom stereocenters. The van der Waals surface area contributed by atoms with Crippen LogP contribution in [0.25, 0.3) is 0 Å². The minimum Gasteiger partial charge on any atom is -0.380 e. The van der Waals surface area contributed by atoms with Crippen LogP contribution in [0.5, 0.6) is 0 Å². The van der Waals surface area contributed by atoms with Gasteiger partial charge in [0.25, 0.3) is 0 Å². The molecule has 0 fully saturated rings. The highest BCUT2D eigenvalue weighted by molar-refractivity contribution is 8.03. The number of halogens is 3. The molecule has 0 bridgehead atoms. The fraction of sp³-hybridized carbons (Fsp3) is 0.429. The minimum absolute atomic E-state index is 0.0203. The van der Waals surface area contributed by atoms with Crippen LogP contribution >= 0.6 is 11.8 Å². The molecular formula is C14H16F3NOS. The summed E-state index contributed by atoms with van der Waals surface area (Å²) in [4.78, 5) is 0.873. The van der Waals surface area contributed by atoms with E-state index in [9.17, 15) is 13.2 Å². The molecule has 1 atom stereocenters. The molecule has 0 aliphatic carbocycles. The molecule has 20 heavy (non-hydrogen) atoms. The summed E-state index contributed by atoms with van der Waals surface area (Å²) in [5.74, 6) is 0. The van der Waals surface area contributed by atoms with E-state index in [0.717, 1.165) is 22.2 Å². The van der Waals surface area contributed by atoms with Crippen molar-refractivity contribution >= 4 is 17.4 Å². The maximum atomic E-state index is 12.3. The minimum atomic E-state index is -4.64. The molecule has 0 aromatic heterocycles. The molecule has 110 valence electrons. The van der Waals surface area contributed by atoms with Crippen LogP contribution in [0, 0.1) is 0 Å². The fourth-order valence-electron chi connectivity index (χ4n) is 1.77. The van der Waals surface area contributed by atoms with Crippen molar-refractivity contribution in [1.29, 1.82) is 0 Å². The highest BCUT2D eigenvalue weighted by Crippen LogP contribution is 2.43. The lowest BCUT2D eigenvalue weighted by molar-refractivity contribution is -0.187. The standard InChI is InChI=1S/C14H16F3NOS/c1-13(2,3)8-4-5-9-10(6-8)20-12(18-9)7-11(19)14(15,16)17/h4-7,11,18-19H,1-3H3/b12-7+. The van der Waals surface area contributed by atoms with Gasteiger partial charge in [-0.3, -0.25) is 0 Å². The first-order chi connectivity index (χ1) is 9.07. The Morgan fingerprint density at radius 2 is 1.90 bits per heavy atom. The lowest BCUT2D eigenvalue weighted by Gasteiger charge is -2.19. The Morgan fingerprint density at radius 3 is 2.45 bits per heavy atom. The molecule has 1 aliphatic rings. The van der Waals surface area contributed by atoms with Crippen LogP contribution in [0.1, 0.15) is 26.3 Å². The molecule has 1 aliphatic heterocycles. The zero-order chi connectivity index (χ0) is 15.1. The average Bonchev–Trinajstić information content (AvgIpc) is 2.67. The van der Waals surface area contributed by atoms with Crippen molar-refractivity contribution in [2.75, 3.05) is 5.32 Å².